The van der Waals surface area contributed by atoms with Crippen molar-refractivity contribution in [2.24, 2.45) is 0 Å². The minimum atomic E-state index is -0.575. The van der Waals surface area contributed by atoms with Gasteiger partial charge in [0.25, 0.3) is 0 Å². The summed E-state index contributed by atoms with van der Waals surface area (Å²) in [5.41, 5.74) is 1.86. The van der Waals surface area contributed by atoms with E-state index >= 15 is 0 Å². The highest BCUT2D eigenvalue weighted by Crippen LogP contribution is 2.29. The van der Waals surface area contributed by atoms with Crippen molar-refractivity contribution >= 4 is 41.3 Å². The van der Waals surface area contributed by atoms with Gasteiger partial charge < -0.3 is 20.5 Å². The number of halogens is 3. The first-order valence-corrected chi connectivity index (χ1v) is 8.58. The number of hydrogen-bond acceptors (Lipinski definition) is 4. The maximum atomic E-state index is 9.93. The number of aliphatic hydroxyl groups is 1. The highest BCUT2D eigenvalue weighted by atomic mass is 35.5. The molecule has 0 aliphatic heterocycles. The zero-order chi connectivity index (χ0) is 17.4. The summed E-state index contributed by atoms with van der Waals surface area (Å²) in [4.78, 5) is 0. The van der Waals surface area contributed by atoms with E-state index in [-0.39, 0.29) is 19.0 Å². The molecule has 7 heteroatoms. The third-order valence-electron chi connectivity index (χ3n) is 3.38. The summed E-state index contributed by atoms with van der Waals surface area (Å²) >= 11 is 12.2. The second-order valence-corrected chi connectivity index (χ2v) is 6.32. The van der Waals surface area contributed by atoms with Gasteiger partial charge in [0.05, 0.1) is 15.7 Å². The van der Waals surface area contributed by atoms with Crippen LogP contribution in [0, 0.1) is 6.92 Å². The molecule has 0 saturated carbocycles. The molecule has 0 fully saturated rings. The van der Waals surface area contributed by atoms with E-state index in [0.29, 0.717) is 29.7 Å². The summed E-state index contributed by atoms with van der Waals surface area (Å²) in [6.07, 6.45) is -0.575. The van der Waals surface area contributed by atoms with Crippen LogP contribution in [-0.2, 0) is 0 Å². The van der Waals surface area contributed by atoms with E-state index in [1.54, 1.807) is 18.2 Å². The highest BCUT2D eigenvalue weighted by molar-refractivity contribution is 6.39. The van der Waals surface area contributed by atoms with Gasteiger partial charge in [0.2, 0.25) is 0 Å². The Kier molecular flexibility index (Phi) is 10.0. The molecule has 0 bridgehead atoms. The Hall–Kier alpha value is -1.17. The molecular weight excluding hydrogens is 383 g/mol. The molecule has 1 unspecified atom stereocenters. The van der Waals surface area contributed by atoms with Crippen LogP contribution in [0.3, 0.4) is 0 Å². The number of anilines is 1. The van der Waals surface area contributed by atoms with E-state index in [4.69, 9.17) is 27.9 Å². The van der Waals surface area contributed by atoms with E-state index in [2.05, 4.69) is 10.6 Å². The molecule has 0 aliphatic carbocycles. The van der Waals surface area contributed by atoms with Gasteiger partial charge in [-0.1, -0.05) is 41.4 Å². The van der Waals surface area contributed by atoms with Gasteiger partial charge in [-0.25, -0.2) is 0 Å². The fourth-order valence-electron chi connectivity index (χ4n) is 2.17. The van der Waals surface area contributed by atoms with Gasteiger partial charge in [-0.2, -0.15) is 0 Å². The maximum absolute atomic E-state index is 9.93. The smallest absolute Gasteiger partial charge is 0.119 e. The second-order valence-electron chi connectivity index (χ2n) is 5.51. The molecule has 0 saturated heterocycles. The lowest BCUT2D eigenvalue weighted by Gasteiger charge is -2.14. The number of benzene rings is 2. The normalized spacial score (nSPS) is 11.5. The Bertz CT molecular complexity index is 636. The predicted molar refractivity (Wildman–Crippen MR) is 108 cm³/mol. The van der Waals surface area contributed by atoms with Crippen molar-refractivity contribution < 1.29 is 9.84 Å². The molecule has 4 nitrogen and oxygen atoms in total. The molecule has 2 rings (SSSR count). The lowest BCUT2D eigenvalue weighted by Crippen LogP contribution is -2.34. The fraction of sp³-hybridized carbons (Fsp3) is 0.333. The number of para-hydroxylation sites is 1. The van der Waals surface area contributed by atoms with Crippen LogP contribution >= 0.6 is 35.6 Å². The average molecular weight is 406 g/mol. The molecule has 0 radical (unpaired) electrons. The molecule has 0 heterocycles. The number of rotatable bonds is 9. The first-order chi connectivity index (χ1) is 11.6. The largest absolute Gasteiger partial charge is 0.491 e. The third kappa shape index (κ3) is 7.72. The van der Waals surface area contributed by atoms with Gasteiger partial charge in [0.15, 0.2) is 0 Å². The number of nitrogens with one attached hydrogen (secondary N) is 2. The summed E-state index contributed by atoms with van der Waals surface area (Å²) in [5, 5.41) is 17.5. The first kappa shape index (κ1) is 21.9. The summed E-state index contributed by atoms with van der Waals surface area (Å²) in [5.74, 6) is 0.768. The Morgan fingerprint density at radius 2 is 1.76 bits per heavy atom. The van der Waals surface area contributed by atoms with Gasteiger partial charge in [0.1, 0.15) is 18.5 Å². The minimum Gasteiger partial charge on any atom is -0.491 e. The van der Waals surface area contributed by atoms with E-state index < -0.39 is 6.10 Å². The van der Waals surface area contributed by atoms with Gasteiger partial charge >= 0.3 is 0 Å². The number of ether oxygens (including phenoxy) is 1. The van der Waals surface area contributed by atoms with Crippen LogP contribution in [0.25, 0.3) is 0 Å². The van der Waals surface area contributed by atoms with Crippen molar-refractivity contribution in [2.75, 3.05) is 31.6 Å². The van der Waals surface area contributed by atoms with Gasteiger partial charge in [0, 0.05) is 19.6 Å². The summed E-state index contributed by atoms with van der Waals surface area (Å²) in [6, 6.07) is 13.1. The molecule has 0 aromatic heterocycles. The standard InChI is InChI=1S/C18H22Cl2N2O2.ClH/c1-13-4-2-5-15(10-13)24-12-14(23)11-21-8-9-22-18-16(19)6-3-7-17(18)20;/h2-7,10,14,21-23H,8-9,11-12H2,1H3;1H. The zero-order valence-electron chi connectivity index (χ0n) is 14.0. The molecule has 1 atom stereocenters. The molecule has 25 heavy (non-hydrogen) atoms. The number of aryl methyl sites for hydroxylation is 1. The molecule has 0 aliphatic rings. The van der Waals surface area contributed by atoms with Crippen molar-refractivity contribution in [3.63, 3.8) is 0 Å². The van der Waals surface area contributed by atoms with Gasteiger partial charge in [-0.15, -0.1) is 12.4 Å². The predicted octanol–water partition coefficient (Wildman–Crippen LogP) is 4.17. The molecule has 0 amide bonds. The Morgan fingerprint density at radius 1 is 1.08 bits per heavy atom. The van der Waals surface area contributed by atoms with Crippen LogP contribution < -0.4 is 15.4 Å². The van der Waals surface area contributed by atoms with Crippen LogP contribution in [0.4, 0.5) is 5.69 Å². The molecule has 0 spiro atoms. The lowest BCUT2D eigenvalue weighted by molar-refractivity contribution is 0.107. The molecule has 2 aromatic rings. The highest BCUT2D eigenvalue weighted by Gasteiger charge is 2.06. The van der Waals surface area contributed by atoms with Gasteiger partial charge in [-0.3, -0.25) is 0 Å². The summed E-state index contributed by atoms with van der Waals surface area (Å²) in [6.45, 7) is 4.02. The monoisotopic (exact) mass is 404 g/mol. The Balaban J connectivity index is 0.00000312. The molecule has 3 N–H and O–H groups in total. The SMILES string of the molecule is Cc1cccc(OCC(O)CNCCNc2c(Cl)cccc2Cl)c1.Cl. The van der Waals surface area contributed by atoms with E-state index in [1.165, 1.54) is 0 Å². The van der Waals surface area contributed by atoms with Crippen molar-refractivity contribution in [3.8, 4) is 5.75 Å². The fourth-order valence-corrected chi connectivity index (χ4v) is 2.70. The first-order valence-electron chi connectivity index (χ1n) is 7.82. The summed E-state index contributed by atoms with van der Waals surface area (Å²) < 4.78 is 5.57. The van der Waals surface area contributed by atoms with Crippen molar-refractivity contribution in [2.45, 2.75) is 13.0 Å². The Labute approximate surface area is 164 Å². The molecule has 138 valence electrons. The summed E-state index contributed by atoms with van der Waals surface area (Å²) in [7, 11) is 0. The van der Waals surface area contributed by atoms with Crippen LogP contribution in [0.5, 0.6) is 5.75 Å². The van der Waals surface area contributed by atoms with Crippen LogP contribution in [-0.4, -0.2) is 37.5 Å². The molecular formula is C18H23Cl3N2O2. The second kappa shape index (κ2) is 11.4. The van der Waals surface area contributed by atoms with E-state index in [9.17, 15) is 5.11 Å². The van der Waals surface area contributed by atoms with E-state index in [1.807, 2.05) is 31.2 Å². The topological polar surface area (TPSA) is 53.5 Å². The third-order valence-corrected chi connectivity index (χ3v) is 4.01. The van der Waals surface area contributed by atoms with Gasteiger partial charge in [-0.05, 0) is 36.8 Å². The van der Waals surface area contributed by atoms with Crippen molar-refractivity contribution in [3.05, 3.63) is 58.1 Å². The van der Waals surface area contributed by atoms with Crippen molar-refractivity contribution in [1.29, 1.82) is 0 Å². The quantitative estimate of drug-likeness (QED) is 0.548. The minimum absolute atomic E-state index is 0. The maximum Gasteiger partial charge on any atom is 0.119 e. The zero-order valence-corrected chi connectivity index (χ0v) is 16.3. The molecule has 2 aromatic carbocycles. The Morgan fingerprint density at radius 3 is 2.44 bits per heavy atom. The van der Waals surface area contributed by atoms with Crippen LogP contribution in [0.1, 0.15) is 5.56 Å². The average Bonchev–Trinajstić information content (AvgIpc) is 2.55. The van der Waals surface area contributed by atoms with E-state index in [0.717, 1.165) is 17.0 Å². The lowest BCUT2D eigenvalue weighted by atomic mass is 10.2. The van der Waals surface area contributed by atoms with Crippen LogP contribution in [0.15, 0.2) is 42.5 Å². The van der Waals surface area contributed by atoms with Crippen molar-refractivity contribution in [1.82, 2.24) is 5.32 Å². The number of hydrogen-bond donors (Lipinski definition) is 3. The number of aliphatic hydroxyl groups excluding tert-OH is 1. The van der Waals surface area contributed by atoms with Crippen LogP contribution in [0.2, 0.25) is 10.0 Å².